The maximum absolute atomic E-state index is 11.6. The van der Waals surface area contributed by atoms with Crippen molar-refractivity contribution in [3.05, 3.63) is 23.5 Å². The Kier molecular flexibility index (Phi) is 2.16. The topological polar surface area (TPSA) is 50.3 Å². The largest absolute Gasteiger partial charge is 0.365 e. The Balaban J connectivity index is 1.94. The molecule has 2 unspecified atom stereocenters. The molecule has 2 saturated heterocycles. The van der Waals surface area contributed by atoms with E-state index < -0.39 is 9.84 Å². The van der Waals surface area contributed by atoms with Gasteiger partial charge in [-0.05, 0) is 12.5 Å². The molecular weight excluding hydrogens is 248 g/mol. The number of nitrogens with zero attached hydrogens (tertiary/aromatic N) is 2. The number of hydrogen-bond donors (Lipinski definition) is 0. The quantitative estimate of drug-likeness (QED) is 0.757. The molecular formula is C10H11ClN2O2S. The first-order valence-corrected chi connectivity index (χ1v) is 7.25. The molecule has 86 valence electrons. The smallest absolute Gasteiger partial charge is 0.156 e. The van der Waals surface area contributed by atoms with Crippen molar-refractivity contribution >= 4 is 27.1 Å². The van der Waals surface area contributed by atoms with Crippen molar-refractivity contribution < 1.29 is 8.42 Å². The molecule has 16 heavy (non-hydrogen) atoms. The Morgan fingerprint density at radius 1 is 1.50 bits per heavy atom. The Bertz CT molecular complexity index is 531. The van der Waals surface area contributed by atoms with E-state index in [9.17, 15) is 8.42 Å². The fourth-order valence-electron chi connectivity index (χ4n) is 2.59. The van der Waals surface area contributed by atoms with Crippen LogP contribution < -0.4 is 4.90 Å². The third-order valence-corrected chi connectivity index (χ3v) is 5.87. The van der Waals surface area contributed by atoms with Crippen molar-refractivity contribution in [2.45, 2.75) is 17.7 Å². The van der Waals surface area contributed by atoms with Gasteiger partial charge in [-0.25, -0.2) is 8.42 Å². The van der Waals surface area contributed by atoms with Crippen LogP contribution in [0.4, 0.5) is 5.69 Å². The summed E-state index contributed by atoms with van der Waals surface area (Å²) in [5, 5.41) is 0.383. The SMILES string of the molecule is O=S1(=O)CC2CC1CN2c1ccncc1Cl. The number of rotatable bonds is 1. The van der Waals surface area contributed by atoms with Gasteiger partial charge in [0.2, 0.25) is 0 Å². The average molecular weight is 259 g/mol. The van der Waals surface area contributed by atoms with Crippen molar-refractivity contribution in [1.29, 1.82) is 0 Å². The molecule has 1 aromatic rings. The van der Waals surface area contributed by atoms with Gasteiger partial charge in [0, 0.05) is 25.0 Å². The van der Waals surface area contributed by atoms with E-state index in [0.717, 1.165) is 12.1 Å². The number of halogens is 1. The molecule has 0 saturated carbocycles. The van der Waals surface area contributed by atoms with Crippen LogP contribution in [0.15, 0.2) is 18.5 Å². The highest BCUT2D eigenvalue weighted by molar-refractivity contribution is 7.92. The van der Waals surface area contributed by atoms with E-state index in [1.165, 1.54) is 0 Å². The highest BCUT2D eigenvalue weighted by atomic mass is 35.5. The van der Waals surface area contributed by atoms with E-state index in [1.807, 2.05) is 6.07 Å². The Morgan fingerprint density at radius 2 is 2.31 bits per heavy atom. The van der Waals surface area contributed by atoms with Gasteiger partial charge in [0.05, 0.1) is 21.7 Å². The van der Waals surface area contributed by atoms with E-state index in [-0.39, 0.29) is 17.0 Å². The number of hydrogen-bond acceptors (Lipinski definition) is 4. The van der Waals surface area contributed by atoms with Crippen LogP contribution in [0.3, 0.4) is 0 Å². The molecule has 0 aliphatic carbocycles. The molecule has 0 aromatic carbocycles. The standard InChI is InChI=1S/C10H11ClN2O2S/c11-9-4-12-2-1-10(9)13-5-8-3-7(13)6-16(8,14)15/h1-2,4,7-8H,3,5-6H2. The van der Waals surface area contributed by atoms with E-state index >= 15 is 0 Å². The van der Waals surface area contributed by atoms with Crippen LogP contribution in [-0.4, -0.2) is 37.0 Å². The summed E-state index contributed by atoms with van der Waals surface area (Å²) in [6, 6.07) is 1.94. The number of fused-ring (bicyclic) bond motifs is 2. The molecule has 2 aliphatic rings. The third-order valence-electron chi connectivity index (χ3n) is 3.37. The molecule has 3 heterocycles. The first kappa shape index (κ1) is 10.4. The second-order valence-corrected chi connectivity index (χ2v) is 7.05. The van der Waals surface area contributed by atoms with Gasteiger partial charge < -0.3 is 4.90 Å². The molecule has 0 radical (unpaired) electrons. The predicted molar refractivity (Wildman–Crippen MR) is 62.6 cm³/mol. The van der Waals surface area contributed by atoms with Crippen molar-refractivity contribution in [2.75, 3.05) is 17.2 Å². The molecule has 0 spiro atoms. The molecule has 0 N–H and O–H groups in total. The van der Waals surface area contributed by atoms with Crippen molar-refractivity contribution in [2.24, 2.45) is 0 Å². The summed E-state index contributed by atoms with van der Waals surface area (Å²) in [5.74, 6) is 0.260. The molecule has 3 rings (SSSR count). The molecule has 2 bridgehead atoms. The van der Waals surface area contributed by atoms with Gasteiger partial charge in [0.1, 0.15) is 0 Å². The zero-order valence-electron chi connectivity index (χ0n) is 8.51. The Morgan fingerprint density at radius 3 is 2.88 bits per heavy atom. The number of sulfone groups is 1. The molecule has 4 nitrogen and oxygen atoms in total. The lowest BCUT2D eigenvalue weighted by Crippen LogP contribution is -2.40. The monoisotopic (exact) mass is 258 g/mol. The maximum Gasteiger partial charge on any atom is 0.156 e. The summed E-state index contributed by atoms with van der Waals surface area (Å²) in [5.41, 5.74) is 0.902. The molecule has 2 atom stereocenters. The summed E-state index contributed by atoms with van der Waals surface area (Å²) in [6.45, 7) is 0.566. The predicted octanol–water partition coefficient (Wildman–Crippen LogP) is 1.11. The molecule has 2 fully saturated rings. The van der Waals surface area contributed by atoms with Crippen LogP contribution in [0.2, 0.25) is 5.02 Å². The summed E-state index contributed by atoms with van der Waals surface area (Å²) in [7, 11) is -2.84. The van der Waals surface area contributed by atoms with E-state index in [4.69, 9.17) is 11.6 Å². The Labute approximate surface area is 99.2 Å². The lowest BCUT2D eigenvalue weighted by molar-refractivity contribution is 0.585. The lowest BCUT2D eigenvalue weighted by Gasteiger charge is -2.29. The van der Waals surface area contributed by atoms with Crippen molar-refractivity contribution in [3.8, 4) is 0 Å². The molecule has 6 heteroatoms. The van der Waals surface area contributed by atoms with Crippen LogP contribution in [-0.2, 0) is 9.84 Å². The van der Waals surface area contributed by atoms with Crippen LogP contribution in [0, 0.1) is 0 Å². The fraction of sp³-hybridized carbons (Fsp3) is 0.500. The minimum Gasteiger partial charge on any atom is -0.365 e. The van der Waals surface area contributed by atoms with Crippen LogP contribution in [0.25, 0.3) is 0 Å². The normalized spacial score (nSPS) is 30.9. The maximum atomic E-state index is 11.6. The third kappa shape index (κ3) is 1.42. The zero-order valence-corrected chi connectivity index (χ0v) is 10.1. The highest BCUT2D eigenvalue weighted by Crippen LogP contribution is 2.38. The van der Waals surface area contributed by atoms with Gasteiger partial charge in [-0.3, -0.25) is 4.98 Å². The van der Waals surface area contributed by atoms with Gasteiger partial charge in [0.15, 0.2) is 9.84 Å². The second-order valence-electron chi connectivity index (χ2n) is 4.32. The highest BCUT2D eigenvalue weighted by Gasteiger charge is 2.48. The van der Waals surface area contributed by atoms with Crippen LogP contribution >= 0.6 is 11.6 Å². The molecule has 2 aliphatic heterocycles. The first-order valence-electron chi connectivity index (χ1n) is 5.15. The molecule has 0 amide bonds. The number of aromatic nitrogens is 1. The van der Waals surface area contributed by atoms with E-state index in [0.29, 0.717) is 11.6 Å². The number of pyridine rings is 1. The van der Waals surface area contributed by atoms with Gasteiger partial charge >= 0.3 is 0 Å². The summed E-state index contributed by atoms with van der Waals surface area (Å²) in [6.07, 6.45) is 4.01. The van der Waals surface area contributed by atoms with Gasteiger partial charge in [0.25, 0.3) is 0 Å². The van der Waals surface area contributed by atoms with Crippen LogP contribution in [0.5, 0.6) is 0 Å². The minimum atomic E-state index is -2.84. The fourth-order valence-corrected chi connectivity index (χ4v) is 4.85. The second kappa shape index (κ2) is 3.34. The van der Waals surface area contributed by atoms with Crippen molar-refractivity contribution in [3.63, 3.8) is 0 Å². The average Bonchev–Trinajstić information content (AvgIpc) is 2.73. The number of anilines is 1. The van der Waals surface area contributed by atoms with E-state index in [2.05, 4.69) is 9.88 Å². The zero-order chi connectivity index (χ0) is 11.3. The summed E-state index contributed by atoms with van der Waals surface area (Å²) < 4.78 is 23.2. The minimum absolute atomic E-state index is 0.0925. The van der Waals surface area contributed by atoms with Gasteiger partial charge in [-0.15, -0.1) is 0 Å². The molecule has 1 aromatic heterocycles. The Hall–Kier alpha value is -0.810. The van der Waals surface area contributed by atoms with Gasteiger partial charge in [-0.1, -0.05) is 11.6 Å². The lowest BCUT2D eigenvalue weighted by atomic mass is 10.2. The van der Waals surface area contributed by atoms with E-state index in [1.54, 1.807) is 12.4 Å². The summed E-state index contributed by atoms with van der Waals surface area (Å²) >= 11 is 6.06. The van der Waals surface area contributed by atoms with Crippen LogP contribution in [0.1, 0.15) is 6.42 Å². The first-order chi connectivity index (χ1) is 7.58. The van der Waals surface area contributed by atoms with Crippen molar-refractivity contribution in [1.82, 2.24) is 4.98 Å². The summed E-state index contributed by atoms with van der Waals surface area (Å²) in [4.78, 5) is 6.02. The van der Waals surface area contributed by atoms with Gasteiger partial charge in [-0.2, -0.15) is 0 Å².